The van der Waals surface area contributed by atoms with Crippen LogP contribution in [0.2, 0.25) is 10.0 Å². The molecule has 3 heterocycles. The highest BCUT2D eigenvalue weighted by atomic mass is 35.5. The van der Waals surface area contributed by atoms with Crippen LogP contribution in [0.15, 0.2) is 60.7 Å². The number of hydrogen-bond acceptors (Lipinski definition) is 9. The summed E-state index contributed by atoms with van der Waals surface area (Å²) in [6.45, 7) is 6.08. The maximum atomic E-state index is 14.1. The number of likely N-dealkylation sites (tertiary alicyclic amines) is 2. The minimum absolute atomic E-state index is 0.128. The standard InChI is InChI=1S/C41H50Cl2N4O8/c1-5-54-38(49)35-26-46(21-22-55-35)39(50)44-41(29-9-7-6-8-10-29)15-18-45(19-16-41)17-13-40(30-11-12-31(42)32(43)25-30)14-20-47(27-40)37(48)28-23-33(51-2)36(53-4)34(24-28)52-3/h6-12,23-25,35H,5,13-22,26-27H2,1-4H3,(H,44,50)/t35-,40?/m1/s1. The molecular formula is C41H50Cl2N4O8. The van der Waals surface area contributed by atoms with Crippen LogP contribution in [0.4, 0.5) is 4.79 Å². The molecule has 6 rings (SSSR count). The number of amides is 3. The normalized spacial score (nSPS) is 21.2. The van der Waals surface area contributed by atoms with E-state index in [-0.39, 0.29) is 37.1 Å². The molecule has 3 saturated heterocycles. The largest absolute Gasteiger partial charge is 0.493 e. The number of nitrogens with zero attached hydrogens (tertiary/aromatic N) is 3. The van der Waals surface area contributed by atoms with Crippen LogP contribution in [0.1, 0.15) is 54.1 Å². The molecule has 2 atom stereocenters. The van der Waals surface area contributed by atoms with Crippen molar-refractivity contribution in [2.24, 2.45) is 0 Å². The van der Waals surface area contributed by atoms with Crippen molar-refractivity contribution in [1.82, 2.24) is 20.0 Å². The molecule has 1 unspecified atom stereocenters. The number of methoxy groups -OCH3 is 3. The minimum Gasteiger partial charge on any atom is -0.493 e. The zero-order chi connectivity index (χ0) is 39.2. The summed E-state index contributed by atoms with van der Waals surface area (Å²) in [5.41, 5.74) is 1.56. The summed E-state index contributed by atoms with van der Waals surface area (Å²) >= 11 is 13.0. The Balaban J connectivity index is 1.18. The number of benzene rings is 3. The lowest BCUT2D eigenvalue weighted by Gasteiger charge is -2.45. The molecule has 3 aliphatic rings. The van der Waals surface area contributed by atoms with Crippen LogP contribution in [-0.4, -0.2) is 119 Å². The summed E-state index contributed by atoms with van der Waals surface area (Å²) in [4.78, 5) is 46.3. The van der Waals surface area contributed by atoms with Crippen LogP contribution in [0.25, 0.3) is 0 Å². The second-order valence-corrected chi connectivity index (χ2v) is 15.1. The molecule has 3 fully saturated rings. The fourth-order valence-electron chi connectivity index (χ4n) is 8.11. The molecular weight excluding hydrogens is 747 g/mol. The van der Waals surface area contributed by atoms with Crippen molar-refractivity contribution >= 4 is 41.1 Å². The Hall–Kier alpha value is -4.23. The molecule has 296 valence electrons. The molecule has 0 radical (unpaired) electrons. The minimum atomic E-state index is -0.805. The van der Waals surface area contributed by atoms with Gasteiger partial charge in [0.15, 0.2) is 17.6 Å². The molecule has 0 saturated carbocycles. The summed E-state index contributed by atoms with van der Waals surface area (Å²) in [5, 5.41) is 4.34. The first kappa shape index (κ1) is 40.4. The maximum Gasteiger partial charge on any atom is 0.337 e. The number of carbonyl (C=O) groups is 3. The lowest BCUT2D eigenvalue weighted by atomic mass is 9.76. The van der Waals surface area contributed by atoms with Gasteiger partial charge in [-0.25, -0.2) is 9.59 Å². The van der Waals surface area contributed by atoms with Gasteiger partial charge in [0, 0.05) is 43.7 Å². The third-order valence-corrected chi connectivity index (χ3v) is 12.0. The van der Waals surface area contributed by atoms with Crippen LogP contribution < -0.4 is 19.5 Å². The van der Waals surface area contributed by atoms with Gasteiger partial charge in [0.25, 0.3) is 5.91 Å². The summed E-state index contributed by atoms with van der Waals surface area (Å²) in [6, 6.07) is 19.0. The summed E-state index contributed by atoms with van der Waals surface area (Å²) in [7, 11) is 4.59. The molecule has 3 aromatic rings. The van der Waals surface area contributed by atoms with Crippen molar-refractivity contribution in [3.05, 3.63) is 87.4 Å². The number of esters is 1. The molecule has 3 amide bonds. The van der Waals surface area contributed by atoms with E-state index in [9.17, 15) is 14.4 Å². The number of urea groups is 1. The predicted octanol–water partition coefficient (Wildman–Crippen LogP) is 6.16. The van der Waals surface area contributed by atoms with E-state index in [2.05, 4.69) is 22.3 Å². The zero-order valence-corrected chi connectivity index (χ0v) is 33.4. The van der Waals surface area contributed by atoms with Gasteiger partial charge in [0.2, 0.25) is 5.75 Å². The van der Waals surface area contributed by atoms with Crippen LogP contribution in [0, 0.1) is 0 Å². The number of ether oxygens (including phenoxy) is 5. The highest BCUT2D eigenvalue weighted by molar-refractivity contribution is 6.42. The van der Waals surface area contributed by atoms with Crippen LogP contribution in [-0.2, 0) is 25.2 Å². The lowest BCUT2D eigenvalue weighted by Crippen LogP contribution is -2.59. The number of hydrogen-bond donors (Lipinski definition) is 1. The van der Waals surface area contributed by atoms with E-state index in [4.69, 9.17) is 46.9 Å². The van der Waals surface area contributed by atoms with Gasteiger partial charge in [0.1, 0.15) is 0 Å². The molecule has 12 nitrogen and oxygen atoms in total. The van der Waals surface area contributed by atoms with E-state index in [1.165, 1.54) is 21.3 Å². The second-order valence-electron chi connectivity index (χ2n) is 14.3. The summed E-state index contributed by atoms with van der Waals surface area (Å²) in [5.74, 6) is 0.670. The smallest absolute Gasteiger partial charge is 0.337 e. The number of halogens is 2. The zero-order valence-electron chi connectivity index (χ0n) is 31.9. The van der Waals surface area contributed by atoms with Crippen molar-refractivity contribution in [1.29, 1.82) is 0 Å². The first-order chi connectivity index (χ1) is 26.5. The molecule has 3 aliphatic heterocycles. The SMILES string of the molecule is CCOC(=O)[C@H]1CN(C(=O)NC2(c3ccccc3)CCN(CCC3(c4ccc(Cl)c(Cl)c4)CCN(C(=O)c4cc(OC)c(OC)c(OC)c4)C3)CC2)CCO1. The van der Waals surface area contributed by atoms with Gasteiger partial charge in [-0.3, -0.25) is 4.79 Å². The van der Waals surface area contributed by atoms with Crippen molar-refractivity contribution in [3.63, 3.8) is 0 Å². The summed E-state index contributed by atoms with van der Waals surface area (Å²) < 4.78 is 27.3. The Morgan fingerprint density at radius 1 is 0.836 bits per heavy atom. The maximum absolute atomic E-state index is 14.1. The lowest BCUT2D eigenvalue weighted by molar-refractivity contribution is -0.160. The molecule has 55 heavy (non-hydrogen) atoms. The Morgan fingerprint density at radius 3 is 2.18 bits per heavy atom. The van der Waals surface area contributed by atoms with E-state index in [0.717, 1.165) is 43.6 Å². The molecule has 1 N–H and O–H groups in total. The average molecular weight is 798 g/mol. The van der Waals surface area contributed by atoms with Gasteiger partial charge >= 0.3 is 12.0 Å². The Morgan fingerprint density at radius 2 is 1.55 bits per heavy atom. The number of piperidine rings is 1. The monoisotopic (exact) mass is 796 g/mol. The molecule has 0 aromatic heterocycles. The van der Waals surface area contributed by atoms with Gasteiger partial charge in [-0.15, -0.1) is 0 Å². The van der Waals surface area contributed by atoms with Crippen molar-refractivity contribution in [2.75, 3.05) is 80.4 Å². The molecule has 3 aromatic carbocycles. The molecule has 0 bridgehead atoms. The van der Waals surface area contributed by atoms with Crippen molar-refractivity contribution < 1.29 is 38.1 Å². The first-order valence-corrected chi connectivity index (χ1v) is 19.5. The van der Waals surface area contributed by atoms with E-state index >= 15 is 0 Å². The van der Waals surface area contributed by atoms with Gasteiger partial charge in [0.05, 0.1) is 56.7 Å². The topological polar surface area (TPSA) is 119 Å². The summed E-state index contributed by atoms with van der Waals surface area (Å²) in [6.07, 6.45) is 2.10. The fourth-order valence-corrected chi connectivity index (χ4v) is 8.41. The number of morpholine rings is 1. The molecule has 14 heteroatoms. The van der Waals surface area contributed by atoms with E-state index in [1.54, 1.807) is 24.0 Å². The fraction of sp³-hybridized carbons (Fsp3) is 0.488. The Bertz CT molecular complexity index is 1810. The quantitative estimate of drug-likeness (QED) is 0.215. The Labute approximate surface area is 332 Å². The highest BCUT2D eigenvalue weighted by Gasteiger charge is 2.44. The van der Waals surface area contributed by atoms with E-state index in [1.807, 2.05) is 41.3 Å². The first-order valence-electron chi connectivity index (χ1n) is 18.7. The van der Waals surface area contributed by atoms with Crippen molar-refractivity contribution in [2.45, 2.75) is 49.7 Å². The predicted molar refractivity (Wildman–Crippen MR) is 210 cm³/mol. The molecule has 0 aliphatic carbocycles. The van der Waals surface area contributed by atoms with Gasteiger partial charge in [-0.2, -0.15) is 0 Å². The second kappa shape index (κ2) is 17.7. The van der Waals surface area contributed by atoms with Gasteiger partial charge in [-0.05, 0) is 74.5 Å². The van der Waals surface area contributed by atoms with Crippen molar-refractivity contribution in [3.8, 4) is 17.2 Å². The highest BCUT2D eigenvalue weighted by Crippen LogP contribution is 2.43. The number of nitrogens with one attached hydrogen (secondary N) is 1. The van der Waals surface area contributed by atoms with Gasteiger partial charge in [-0.1, -0.05) is 59.6 Å². The molecule has 0 spiro atoms. The average Bonchev–Trinajstić information content (AvgIpc) is 3.66. The van der Waals surface area contributed by atoms with Crippen LogP contribution in [0.3, 0.4) is 0 Å². The third kappa shape index (κ3) is 8.77. The third-order valence-electron chi connectivity index (χ3n) is 11.3. The number of carbonyl (C=O) groups excluding carboxylic acids is 3. The van der Waals surface area contributed by atoms with E-state index in [0.29, 0.717) is 65.3 Å². The van der Waals surface area contributed by atoms with E-state index < -0.39 is 17.6 Å². The van der Waals surface area contributed by atoms with Crippen LogP contribution in [0.5, 0.6) is 17.2 Å². The Kier molecular flexibility index (Phi) is 13.0. The number of rotatable bonds is 12. The van der Waals surface area contributed by atoms with Gasteiger partial charge < -0.3 is 43.7 Å². The van der Waals surface area contributed by atoms with Crippen LogP contribution >= 0.6 is 23.2 Å².